The van der Waals surface area contributed by atoms with E-state index in [1.54, 1.807) is 11.3 Å². The Labute approximate surface area is 113 Å². The molecule has 2 heterocycles. The van der Waals surface area contributed by atoms with Crippen molar-refractivity contribution in [3.63, 3.8) is 0 Å². The lowest BCUT2D eigenvalue weighted by Crippen LogP contribution is -2.46. The number of piperidine rings is 1. The van der Waals surface area contributed by atoms with E-state index in [2.05, 4.69) is 35.1 Å². The number of thiophene rings is 1. The SMILES string of the molecule is CC1CC(NC(=O)CCCc2cccs2)CCN1. The second-order valence-electron chi connectivity index (χ2n) is 5.08. The maximum Gasteiger partial charge on any atom is 0.220 e. The van der Waals surface area contributed by atoms with Crippen LogP contribution in [0.2, 0.25) is 0 Å². The summed E-state index contributed by atoms with van der Waals surface area (Å²) in [5.41, 5.74) is 0. The molecule has 100 valence electrons. The predicted octanol–water partition coefficient (Wildman–Crippen LogP) is 2.33. The van der Waals surface area contributed by atoms with Crippen molar-refractivity contribution >= 4 is 17.2 Å². The number of aryl methyl sites for hydroxylation is 1. The molecule has 0 bridgehead atoms. The van der Waals surface area contributed by atoms with Crippen LogP contribution >= 0.6 is 11.3 Å². The molecule has 1 aliphatic rings. The van der Waals surface area contributed by atoms with E-state index in [0.29, 0.717) is 18.5 Å². The van der Waals surface area contributed by atoms with Gasteiger partial charge in [0, 0.05) is 23.4 Å². The molecule has 0 aromatic carbocycles. The first kappa shape index (κ1) is 13.6. The maximum atomic E-state index is 11.8. The van der Waals surface area contributed by atoms with E-state index in [-0.39, 0.29) is 5.91 Å². The van der Waals surface area contributed by atoms with Gasteiger partial charge in [0.05, 0.1) is 0 Å². The van der Waals surface area contributed by atoms with Gasteiger partial charge in [-0.15, -0.1) is 11.3 Å². The summed E-state index contributed by atoms with van der Waals surface area (Å²) in [6.07, 6.45) is 4.73. The Balaban J connectivity index is 1.62. The van der Waals surface area contributed by atoms with Crippen LogP contribution in [0, 0.1) is 0 Å². The second kappa shape index (κ2) is 6.90. The lowest BCUT2D eigenvalue weighted by Gasteiger charge is -2.28. The molecular weight excluding hydrogens is 244 g/mol. The van der Waals surface area contributed by atoms with Crippen LogP contribution in [0.1, 0.15) is 37.5 Å². The highest BCUT2D eigenvalue weighted by Crippen LogP contribution is 2.12. The molecular formula is C14H22N2OS. The second-order valence-corrected chi connectivity index (χ2v) is 6.11. The summed E-state index contributed by atoms with van der Waals surface area (Å²) in [5.74, 6) is 0.214. The summed E-state index contributed by atoms with van der Waals surface area (Å²) in [4.78, 5) is 13.2. The van der Waals surface area contributed by atoms with Crippen LogP contribution in [-0.4, -0.2) is 24.5 Å². The Morgan fingerprint density at radius 3 is 3.22 bits per heavy atom. The average Bonchev–Trinajstić information content (AvgIpc) is 2.82. The van der Waals surface area contributed by atoms with Crippen molar-refractivity contribution in [3.8, 4) is 0 Å². The fourth-order valence-corrected chi connectivity index (χ4v) is 3.19. The van der Waals surface area contributed by atoms with E-state index in [1.165, 1.54) is 4.88 Å². The average molecular weight is 266 g/mol. The van der Waals surface area contributed by atoms with Crippen LogP contribution in [-0.2, 0) is 11.2 Å². The van der Waals surface area contributed by atoms with Gasteiger partial charge in [0.1, 0.15) is 0 Å². The summed E-state index contributed by atoms with van der Waals surface area (Å²) in [7, 11) is 0. The zero-order valence-corrected chi connectivity index (χ0v) is 11.8. The van der Waals surface area contributed by atoms with Gasteiger partial charge in [0.15, 0.2) is 0 Å². The summed E-state index contributed by atoms with van der Waals surface area (Å²) in [6.45, 7) is 3.19. The van der Waals surface area contributed by atoms with E-state index in [9.17, 15) is 4.79 Å². The molecule has 2 rings (SSSR count). The quantitative estimate of drug-likeness (QED) is 0.859. The van der Waals surface area contributed by atoms with Gasteiger partial charge in [-0.3, -0.25) is 4.79 Å². The smallest absolute Gasteiger partial charge is 0.220 e. The summed E-state index contributed by atoms with van der Waals surface area (Å²) < 4.78 is 0. The molecule has 1 saturated heterocycles. The Bertz CT molecular complexity index is 364. The third-order valence-corrected chi connectivity index (χ3v) is 4.33. The van der Waals surface area contributed by atoms with Crippen molar-refractivity contribution < 1.29 is 4.79 Å². The van der Waals surface area contributed by atoms with E-state index in [0.717, 1.165) is 32.2 Å². The van der Waals surface area contributed by atoms with Crippen molar-refractivity contribution in [3.05, 3.63) is 22.4 Å². The fourth-order valence-electron chi connectivity index (χ4n) is 2.44. The van der Waals surface area contributed by atoms with Gasteiger partial charge in [-0.2, -0.15) is 0 Å². The number of amides is 1. The van der Waals surface area contributed by atoms with Gasteiger partial charge < -0.3 is 10.6 Å². The van der Waals surface area contributed by atoms with E-state index >= 15 is 0 Å². The molecule has 1 fully saturated rings. The molecule has 0 spiro atoms. The first-order chi connectivity index (χ1) is 8.74. The molecule has 3 nitrogen and oxygen atoms in total. The summed E-state index contributed by atoms with van der Waals surface area (Å²) in [5, 5.41) is 8.64. The van der Waals surface area contributed by atoms with Crippen LogP contribution in [0.25, 0.3) is 0 Å². The van der Waals surface area contributed by atoms with Crippen LogP contribution in [0.4, 0.5) is 0 Å². The molecule has 0 aliphatic carbocycles. The fraction of sp³-hybridized carbons (Fsp3) is 0.643. The highest BCUT2D eigenvalue weighted by Gasteiger charge is 2.19. The van der Waals surface area contributed by atoms with E-state index < -0.39 is 0 Å². The Hall–Kier alpha value is -0.870. The molecule has 4 heteroatoms. The zero-order valence-electron chi connectivity index (χ0n) is 10.9. The minimum Gasteiger partial charge on any atom is -0.353 e. The van der Waals surface area contributed by atoms with Gasteiger partial charge in [-0.1, -0.05) is 6.07 Å². The number of hydrogen-bond donors (Lipinski definition) is 2. The number of carbonyl (C=O) groups excluding carboxylic acids is 1. The van der Waals surface area contributed by atoms with Crippen molar-refractivity contribution in [2.45, 2.75) is 51.1 Å². The van der Waals surface area contributed by atoms with Crippen molar-refractivity contribution in [1.82, 2.24) is 10.6 Å². The highest BCUT2D eigenvalue weighted by molar-refractivity contribution is 7.09. The monoisotopic (exact) mass is 266 g/mol. The molecule has 2 N–H and O–H groups in total. The Kier molecular flexibility index (Phi) is 5.20. The Morgan fingerprint density at radius 1 is 1.61 bits per heavy atom. The molecule has 18 heavy (non-hydrogen) atoms. The van der Waals surface area contributed by atoms with Gasteiger partial charge in [-0.05, 0) is 50.6 Å². The van der Waals surface area contributed by atoms with Crippen molar-refractivity contribution in [1.29, 1.82) is 0 Å². The third-order valence-electron chi connectivity index (χ3n) is 3.40. The minimum atomic E-state index is 0.214. The number of hydrogen-bond acceptors (Lipinski definition) is 3. The van der Waals surface area contributed by atoms with Crippen LogP contribution in [0.3, 0.4) is 0 Å². The predicted molar refractivity (Wildman–Crippen MR) is 75.9 cm³/mol. The molecule has 1 aromatic heterocycles. The first-order valence-electron chi connectivity index (χ1n) is 6.79. The third kappa shape index (κ3) is 4.42. The van der Waals surface area contributed by atoms with Crippen LogP contribution in [0.15, 0.2) is 17.5 Å². The number of rotatable bonds is 5. The van der Waals surface area contributed by atoms with Crippen molar-refractivity contribution in [2.75, 3.05) is 6.54 Å². The van der Waals surface area contributed by atoms with E-state index in [1.807, 2.05) is 0 Å². The van der Waals surface area contributed by atoms with E-state index in [4.69, 9.17) is 0 Å². The van der Waals surface area contributed by atoms with Gasteiger partial charge in [0.2, 0.25) is 5.91 Å². The van der Waals surface area contributed by atoms with Gasteiger partial charge in [-0.25, -0.2) is 0 Å². The molecule has 2 atom stereocenters. The standard InChI is InChI=1S/C14H22N2OS/c1-11-10-12(7-8-15-11)16-14(17)6-2-4-13-5-3-9-18-13/h3,5,9,11-12,15H,2,4,6-8,10H2,1H3,(H,16,17). The van der Waals surface area contributed by atoms with Crippen molar-refractivity contribution in [2.24, 2.45) is 0 Å². The first-order valence-corrected chi connectivity index (χ1v) is 7.67. The maximum absolute atomic E-state index is 11.8. The molecule has 0 saturated carbocycles. The topological polar surface area (TPSA) is 41.1 Å². The summed E-state index contributed by atoms with van der Waals surface area (Å²) >= 11 is 1.77. The lowest BCUT2D eigenvalue weighted by atomic mass is 10.0. The number of nitrogens with one attached hydrogen (secondary N) is 2. The van der Waals surface area contributed by atoms with Crippen LogP contribution in [0.5, 0.6) is 0 Å². The number of carbonyl (C=O) groups is 1. The molecule has 0 radical (unpaired) electrons. The Morgan fingerprint density at radius 2 is 2.50 bits per heavy atom. The zero-order chi connectivity index (χ0) is 12.8. The molecule has 1 aliphatic heterocycles. The normalized spacial score (nSPS) is 23.8. The van der Waals surface area contributed by atoms with Crippen LogP contribution < -0.4 is 10.6 Å². The van der Waals surface area contributed by atoms with Gasteiger partial charge >= 0.3 is 0 Å². The molecule has 1 amide bonds. The lowest BCUT2D eigenvalue weighted by molar-refractivity contribution is -0.122. The molecule has 1 aromatic rings. The largest absolute Gasteiger partial charge is 0.353 e. The minimum absolute atomic E-state index is 0.214. The molecule has 2 unspecified atom stereocenters. The summed E-state index contributed by atoms with van der Waals surface area (Å²) in [6, 6.07) is 5.10. The highest BCUT2D eigenvalue weighted by atomic mass is 32.1. The van der Waals surface area contributed by atoms with Gasteiger partial charge in [0.25, 0.3) is 0 Å².